The minimum atomic E-state index is 0.701. The van der Waals surface area contributed by atoms with Gasteiger partial charge < -0.3 is 0 Å². The molecular formula is C42H26N4S. The number of fused-ring (bicyclic) bond motifs is 4. The smallest absolute Gasteiger partial charge is 0.161 e. The van der Waals surface area contributed by atoms with Crippen LogP contribution in [0.4, 0.5) is 0 Å². The van der Waals surface area contributed by atoms with E-state index in [9.17, 15) is 0 Å². The van der Waals surface area contributed by atoms with Crippen molar-refractivity contribution < 1.29 is 0 Å². The molecule has 0 atom stereocenters. The van der Waals surface area contributed by atoms with Crippen LogP contribution in [0.1, 0.15) is 0 Å². The number of benzene rings is 6. The Morgan fingerprint density at radius 2 is 0.872 bits per heavy atom. The lowest BCUT2D eigenvalue weighted by Crippen LogP contribution is -1.95. The molecule has 0 N–H and O–H groups in total. The lowest BCUT2D eigenvalue weighted by atomic mass is 10.00. The lowest BCUT2D eigenvalue weighted by molar-refractivity contribution is 1.23. The molecule has 0 bridgehead atoms. The van der Waals surface area contributed by atoms with Crippen LogP contribution in [-0.4, -0.2) is 19.9 Å². The largest absolute Gasteiger partial charge is 0.228 e. The lowest BCUT2D eigenvalue weighted by Gasteiger charge is -2.11. The second-order valence-corrected chi connectivity index (χ2v) is 12.5. The van der Waals surface area contributed by atoms with Crippen LogP contribution in [0.5, 0.6) is 0 Å². The number of thiophene rings is 1. The molecule has 0 saturated carbocycles. The zero-order valence-corrected chi connectivity index (χ0v) is 26.0. The summed E-state index contributed by atoms with van der Waals surface area (Å²) in [5.41, 5.74) is 9.05. The van der Waals surface area contributed by atoms with E-state index in [1.807, 2.05) is 36.4 Å². The van der Waals surface area contributed by atoms with Crippen molar-refractivity contribution in [2.75, 3.05) is 0 Å². The molecule has 0 aliphatic rings. The Morgan fingerprint density at radius 1 is 0.362 bits per heavy atom. The number of para-hydroxylation sites is 1. The summed E-state index contributed by atoms with van der Waals surface area (Å²) in [6.07, 6.45) is 0. The molecule has 3 heterocycles. The van der Waals surface area contributed by atoms with Crippen molar-refractivity contribution in [2.24, 2.45) is 0 Å². The summed E-state index contributed by atoms with van der Waals surface area (Å²) in [5.74, 6) is 1.41. The highest BCUT2D eigenvalue weighted by molar-refractivity contribution is 7.25. The molecule has 9 aromatic rings. The van der Waals surface area contributed by atoms with Crippen LogP contribution >= 0.6 is 11.3 Å². The van der Waals surface area contributed by atoms with E-state index >= 15 is 0 Å². The number of hydrogen-bond acceptors (Lipinski definition) is 5. The van der Waals surface area contributed by atoms with E-state index in [1.165, 1.54) is 10.1 Å². The quantitative estimate of drug-likeness (QED) is 0.193. The summed E-state index contributed by atoms with van der Waals surface area (Å²) < 4.78 is 1.21. The van der Waals surface area contributed by atoms with Crippen molar-refractivity contribution in [3.05, 3.63) is 158 Å². The van der Waals surface area contributed by atoms with Gasteiger partial charge in [0.05, 0.1) is 16.9 Å². The van der Waals surface area contributed by atoms with Crippen molar-refractivity contribution in [1.82, 2.24) is 19.9 Å². The fraction of sp³-hybridized carbons (Fsp3) is 0. The average molecular weight is 619 g/mol. The van der Waals surface area contributed by atoms with Crippen LogP contribution in [0.3, 0.4) is 0 Å². The van der Waals surface area contributed by atoms with Gasteiger partial charge in [0, 0.05) is 43.1 Å². The second kappa shape index (κ2) is 11.4. The minimum absolute atomic E-state index is 0.701. The fourth-order valence-electron chi connectivity index (χ4n) is 6.25. The monoisotopic (exact) mass is 618 g/mol. The van der Waals surface area contributed by atoms with Gasteiger partial charge in [-0.2, -0.15) is 0 Å². The van der Waals surface area contributed by atoms with E-state index < -0.39 is 0 Å². The number of hydrogen-bond donors (Lipinski definition) is 0. The van der Waals surface area contributed by atoms with Gasteiger partial charge in [-0.05, 0) is 35.4 Å². The summed E-state index contributed by atoms with van der Waals surface area (Å²) in [6, 6.07) is 54.4. The zero-order chi connectivity index (χ0) is 31.2. The van der Waals surface area contributed by atoms with Crippen LogP contribution in [0.2, 0.25) is 0 Å². The molecule has 0 fully saturated rings. The van der Waals surface area contributed by atoms with Crippen LogP contribution < -0.4 is 0 Å². The molecule has 0 radical (unpaired) electrons. The predicted octanol–water partition coefficient (Wildman–Crippen LogP) is 11.1. The molecule has 220 valence electrons. The Labute approximate surface area is 275 Å². The van der Waals surface area contributed by atoms with Crippen LogP contribution in [0.25, 0.3) is 87.6 Å². The molecule has 0 aliphatic heterocycles. The van der Waals surface area contributed by atoms with E-state index in [0.29, 0.717) is 11.6 Å². The van der Waals surface area contributed by atoms with Crippen molar-refractivity contribution in [3.8, 4) is 56.4 Å². The molecule has 3 aromatic heterocycles. The third-order valence-corrected chi connectivity index (χ3v) is 9.58. The molecule has 0 aliphatic carbocycles. The first-order valence-electron chi connectivity index (χ1n) is 15.6. The van der Waals surface area contributed by atoms with Gasteiger partial charge >= 0.3 is 0 Å². The second-order valence-electron chi connectivity index (χ2n) is 11.5. The van der Waals surface area contributed by atoms with E-state index in [-0.39, 0.29) is 0 Å². The Hall–Kier alpha value is -6.04. The van der Waals surface area contributed by atoms with E-state index in [0.717, 1.165) is 65.9 Å². The van der Waals surface area contributed by atoms with Gasteiger partial charge in [-0.1, -0.05) is 133 Å². The first-order valence-corrected chi connectivity index (χ1v) is 16.4. The van der Waals surface area contributed by atoms with E-state index in [2.05, 4.69) is 121 Å². The topological polar surface area (TPSA) is 51.6 Å². The third kappa shape index (κ3) is 4.94. The van der Waals surface area contributed by atoms with E-state index in [1.54, 1.807) is 11.3 Å². The standard InChI is InChI=1S/C42H26N4S/c1-3-13-27(14-4-1)38-33-21-7-9-23-35(33)43-40(44-38)31-19-11-17-29(25-31)30-18-12-20-32(26-30)41-45-39(28-15-5-2-6-16-28)37-34-22-8-10-24-36(34)47-42(37)46-41/h1-26H. The molecule has 4 nitrogen and oxygen atoms in total. The van der Waals surface area contributed by atoms with Gasteiger partial charge in [0.15, 0.2) is 11.6 Å². The molecule has 5 heteroatoms. The molecule has 0 unspecified atom stereocenters. The Bertz CT molecular complexity index is 2580. The molecule has 0 saturated heterocycles. The minimum Gasteiger partial charge on any atom is -0.228 e. The van der Waals surface area contributed by atoms with Gasteiger partial charge in [0.2, 0.25) is 0 Å². The van der Waals surface area contributed by atoms with Gasteiger partial charge in [-0.15, -0.1) is 11.3 Å². The highest BCUT2D eigenvalue weighted by Crippen LogP contribution is 2.40. The zero-order valence-electron chi connectivity index (χ0n) is 25.2. The maximum Gasteiger partial charge on any atom is 0.161 e. The van der Waals surface area contributed by atoms with Crippen molar-refractivity contribution in [2.45, 2.75) is 0 Å². The number of rotatable bonds is 5. The van der Waals surface area contributed by atoms with Gasteiger partial charge in [0.1, 0.15) is 4.83 Å². The molecule has 6 aromatic carbocycles. The fourth-order valence-corrected chi connectivity index (χ4v) is 7.33. The first kappa shape index (κ1) is 27.3. The van der Waals surface area contributed by atoms with Crippen molar-refractivity contribution >= 4 is 42.5 Å². The van der Waals surface area contributed by atoms with Crippen LogP contribution in [0, 0.1) is 0 Å². The van der Waals surface area contributed by atoms with E-state index in [4.69, 9.17) is 19.9 Å². The third-order valence-electron chi connectivity index (χ3n) is 8.51. The Balaban J connectivity index is 1.16. The molecule has 47 heavy (non-hydrogen) atoms. The molecule has 0 amide bonds. The summed E-state index contributed by atoms with van der Waals surface area (Å²) in [6.45, 7) is 0. The van der Waals surface area contributed by atoms with Gasteiger partial charge in [-0.3, -0.25) is 0 Å². The van der Waals surface area contributed by atoms with Crippen molar-refractivity contribution in [1.29, 1.82) is 0 Å². The van der Waals surface area contributed by atoms with Crippen LogP contribution in [-0.2, 0) is 0 Å². The van der Waals surface area contributed by atoms with Crippen LogP contribution in [0.15, 0.2) is 158 Å². The highest BCUT2D eigenvalue weighted by Gasteiger charge is 2.17. The highest BCUT2D eigenvalue weighted by atomic mass is 32.1. The molecular weight excluding hydrogens is 593 g/mol. The predicted molar refractivity (Wildman–Crippen MR) is 195 cm³/mol. The summed E-state index contributed by atoms with van der Waals surface area (Å²) in [5, 5.41) is 3.33. The summed E-state index contributed by atoms with van der Waals surface area (Å²) in [4.78, 5) is 21.4. The Morgan fingerprint density at radius 3 is 1.57 bits per heavy atom. The number of nitrogens with zero attached hydrogens (tertiary/aromatic N) is 4. The maximum atomic E-state index is 5.21. The number of aromatic nitrogens is 4. The molecule has 0 spiro atoms. The van der Waals surface area contributed by atoms with Gasteiger partial charge in [-0.25, -0.2) is 19.9 Å². The molecule has 9 rings (SSSR count). The summed E-state index contributed by atoms with van der Waals surface area (Å²) >= 11 is 1.71. The Kier molecular flexibility index (Phi) is 6.61. The van der Waals surface area contributed by atoms with Crippen molar-refractivity contribution in [3.63, 3.8) is 0 Å². The van der Waals surface area contributed by atoms with Gasteiger partial charge in [0.25, 0.3) is 0 Å². The normalized spacial score (nSPS) is 11.4. The first-order chi connectivity index (χ1) is 23.3. The maximum absolute atomic E-state index is 5.21. The summed E-state index contributed by atoms with van der Waals surface area (Å²) in [7, 11) is 0. The SMILES string of the molecule is c1ccc(-c2nc(-c3cccc(-c4cccc(-c5nc(-c6ccccc6)c6c(n5)sc5ccccc56)c4)c3)nc3ccccc23)cc1. The average Bonchev–Trinajstić information content (AvgIpc) is 3.53.